The van der Waals surface area contributed by atoms with Crippen LogP contribution in [0.25, 0.3) is 10.3 Å². The second kappa shape index (κ2) is 2.31. The van der Waals surface area contributed by atoms with Gasteiger partial charge in [-0.05, 0) is 6.07 Å². The third-order valence-electron chi connectivity index (χ3n) is 1.74. The van der Waals surface area contributed by atoms with Gasteiger partial charge in [-0.2, -0.15) is 0 Å². The maximum atomic E-state index is 10.6. The zero-order valence-corrected chi connectivity index (χ0v) is 7.13. The number of nitrogens with zero attached hydrogens (tertiary/aromatic N) is 2. The molecule has 0 unspecified atom stereocenters. The molecule has 0 bridgehead atoms. The summed E-state index contributed by atoms with van der Waals surface area (Å²) >= 11 is 1.44. The number of rotatable bonds is 1. The standard InChI is InChI=1S/C7H6N2O2S/c1-9-4(7(10)11)2-5-6(9)8-3-12-5/h2-3H,1H3,(H,10,11). The fourth-order valence-electron chi connectivity index (χ4n) is 1.14. The maximum absolute atomic E-state index is 10.6. The van der Waals surface area contributed by atoms with Crippen LogP contribution in [0.2, 0.25) is 0 Å². The Morgan fingerprint density at radius 2 is 2.50 bits per heavy atom. The van der Waals surface area contributed by atoms with Crippen LogP contribution in [0, 0.1) is 0 Å². The monoisotopic (exact) mass is 182 g/mol. The van der Waals surface area contributed by atoms with Gasteiger partial charge < -0.3 is 9.67 Å². The lowest BCUT2D eigenvalue weighted by Crippen LogP contribution is -2.03. The molecule has 2 heterocycles. The summed E-state index contributed by atoms with van der Waals surface area (Å²) in [7, 11) is 1.70. The van der Waals surface area contributed by atoms with E-state index in [2.05, 4.69) is 4.98 Å². The van der Waals surface area contributed by atoms with Gasteiger partial charge in [-0.25, -0.2) is 9.78 Å². The summed E-state index contributed by atoms with van der Waals surface area (Å²) in [6.07, 6.45) is 0. The van der Waals surface area contributed by atoms with Gasteiger partial charge in [0.25, 0.3) is 0 Å². The number of carboxylic acids is 1. The molecule has 1 N–H and O–H groups in total. The van der Waals surface area contributed by atoms with Crippen molar-refractivity contribution in [3.8, 4) is 0 Å². The number of aryl methyl sites for hydroxylation is 1. The van der Waals surface area contributed by atoms with E-state index in [0.29, 0.717) is 0 Å². The topological polar surface area (TPSA) is 55.1 Å². The van der Waals surface area contributed by atoms with Crippen LogP contribution < -0.4 is 0 Å². The van der Waals surface area contributed by atoms with Gasteiger partial charge in [0.1, 0.15) is 5.69 Å². The predicted octanol–water partition coefficient (Wildman–Crippen LogP) is 1.33. The summed E-state index contributed by atoms with van der Waals surface area (Å²) in [5.74, 6) is -0.914. The summed E-state index contributed by atoms with van der Waals surface area (Å²) in [5.41, 5.74) is 2.72. The lowest BCUT2D eigenvalue weighted by Gasteiger charge is -1.94. The number of carbonyl (C=O) groups is 1. The van der Waals surface area contributed by atoms with E-state index in [4.69, 9.17) is 5.11 Å². The van der Waals surface area contributed by atoms with Crippen molar-refractivity contribution in [3.05, 3.63) is 17.3 Å². The normalized spacial score (nSPS) is 10.8. The van der Waals surface area contributed by atoms with E-state index in [1.165, 1.54) is 11.3 Å². The first-order valence-electron chi connectivity index (χ1n) is 3.32. The van der Waals surface area contributed by atoms with Crippen molar-refractivity contribution in [2.24, 2.45) is 7.05 Å². The Bertz CT molecular complexity index is 443. The van der Waals surface area contributed by atoms with Crippen LogP contribution in [0.1, 0.15) is 10.5 Å². The van der Waals surface area contributed by atoms with Crippen LogP contribution in [-0.4, -0.2) is 20.6 Å². The largest absolute Gasteiger partial charge is 0.477 e. The number of hydrogen-bond acceptors (Lipinski definition) is 3. The molecule has 0 saturated carbocycles. The number of aromatic nitrogens is 2. The number of aromatic carboxylic acids is 1. The van der Waals surface area contributed by atoms with Crippen LogP contribution in [0.5, 0.6) is 0 Å². The second-order valence-corrected chi connectivity index (χ2v) is 3.32. The summed E-state index contributed by atoms with van der Waals surface area (Å²) in [4.78, 5) is 14.7. The molecule has 0 radical (unpaired) electrons. The quantitative estimate of drug-likeness (QED) is 0.723. The molecule has 0 aliphatic heterocycles. The van der Waals surface area contributed by atoms with Crippen molar-refractivity contribution in [1.29, 1.82) is 0 Å². The van der Waals surface area contributed by atoms with Gasteiger partial charge in [-0.1, -0.05) is 0 Å². The van der Waals surface area contributed by atoms with Gasteiger partial charge in [0.2, 0.25) is 0 Å². The number of carboxylic acid groups (broad SMARTS) is 1. The molecular formula is C7H6N2O2S. The maximum Gasteiger partial charge on any atom is 0.352 e. The van der Waals surface area contributed by atoms with Gasteiger partial charge in [0.15, 0.2) is 5.65 Å². The lowest BCUT2D eigenvalue weighted by molar-refractivity contribution is 0.0687. The zero-order valence-electron chi connectivity index (χ0n) is 6.31. The highest BCUT2D eigenvalue weighted by Gasteiger charge is 2.12. The SMILES string of the molecule is Cn1c(C(=O)O)cc2scnc21. The molecule has 0 amide bonds. The molecular weight excluding hydrogens is 176 g/mol. The molecule has 62 valence electrons. The van der Waals surface area contributed by atoms with Crippen LogP contribution in [0.15, 0.2) is 11.6 Å². The minimum atomic E-state index is -0.914. The van der Waals surface area contributed by atoms with E-state index in [1.807, 2.05) is 0 Å². The van der Waals surface area contributed by atoms with Crippen LogP contribution in [0.4, 0.5) is 0 Å². The molecule has 0 aromatic carbocycles. The molecule has 2 aromatic heterocycles. The molecule has 2 aromatic rings. The molecule has 12 heavy (non-hydrogen) atoms. The number of hydrogen-bond donors (Lipinski definition) is 1. The average Bonchev–Trinajstić information content (AvgIpc) is 2.53. The Labute approximate surface area is 72.1 Å². The first-order chi connectivity index (χ1) is 5.70. The van der Waals surface area contributed by atoms with Crippen LogP contribution >= 0.6 is 11.3 Å². The van der Waals surface area contributed by atoms with Crippen molar-refractivity contribution in [3.63, 3.8) is 0 Å². The van der Waals surface area contributed by atoms with Crippen molar-refractivity contribution in [2.45, 2.75) is 0 Å². The third kappa shape index (κ3) is 0.831. The minimum absolute atomic E-state index is 0.282. The van der Waals surface area contributed by atoms with E-state index in [1.54, 1.807) is 23.2 Å². The van der Waals surface area contributed by atoms with E-state index in [0.717, 1.165) is 10.3 Å². The minimum Gasteiger partial charge on any atom is -0.477 e. The van der Waals surface area contributed by atoms with Gasteiger partial charge in [-0.15, -0.1) is 11.3 Å². The van der Waals surface area contributed by atoms with E-state index >= 15 is 0 Å². The summed E-state index contributed by atoms with van der Waals surface area (Å²) in [5, 5.41) is 8.74. The Kier molecular flexibility index (Phi) is 1.41. The summed E-state index contributed by atoms with van der Waals surface area (Å²) in [6, 6.07) is 1.63. The van der Waals surface area contributed by atoms with Crippen molar-refractivity contribution in [1.82, 2.24) is 9.55 Å². The van der Waals surface area contributed by atoms with Gasteiger partial charge in [0.05, 0.1) is 10.2 Å². The summed E-state index contributed by atoms with van der Waals surface area (Å²) in [6.45, 7) is 0. The van der Waals surface area contributed by atoms with E-state index < -0.39 is 5.97 Å². The summed E-state index contributed by atoms with van der Waals surface area (Å²) < 4.78 is 2.49. The van der Waals surface area contributed by atoms with Crippen LogP contribution in [0.3, 0.4) is 0 Å². The van der Waals surface area contributed by atoms with Crippen molar-refractivity contribution in [2.75, 3.05) is 0 Å². The van der Waals surface area contributed by atoms with E-state index in [-0.39, 0.29) is 5.69 Å². The fourth-order valence-corrected chi connectivity index (χ4v) is 1.88. The zero-order chi connectivity index (χ0) is 8.72. The highest BCUT2D eigenvalue weighted by Crippen LogP contribution is 2.21. The highest BCUT2D eigenvalue weighted by molar-refractivity contribution is 7.16. The predicted molar refractivity (Wildman–Crippen MR) is 45.6 cm³/mol. The first kappa shape index (κ1) is 7.30. The van der Waals surface area contributed by atoms with Gasteiger partial charge >= 0.3 is 5.97 Å². The van der Waals surface area contributed by atoms with Gasteiger partial charge in [0, 0.05) is 7.05 Å². The van der Waals surface area contributed by atoms with Gasteiger partial charge in [-0.3, -0.25) is 0 Å². The molecule has 0 saturated heterocycles. The Morgan fingerprint density at radius 1 is 1.75 bits per heavy atom. The Balaban J connectivity index is 2.78. The molecule has 4 nitrogen and oxygen atoms in total. The number of fused-ring (bicyclic) bond motifs is 1. The molecule has 0 atom stereocenters. The van der Waals surface area contributed by atoms with Crippen LogP contribution in [-0.2, 0) is 7.05 Å². The molecule has 0 aliphatic carbocycles. The second-order valence-electron chi connectivity index (χ2n) is 2.43. The highest BCUT2D eigenvalue weighted by atomic mass is 32.1. The molecule has 5 heteroatoms. The molecule has 0 fully saturated rings. The number of thiazole rings is 1. The van der Waals surface area contributed by atoms with Crippen molar-refractivity contribution < 1.29 is 9.90 Å². The van der Waals surface area contributed by atoms with E-state index in [9.17, 15) is 4.79 Å². The Hall–Kier alpha value is -1.36. The molecule has 2 rings (SSSR count). The molecule has 0 spiro atoms. The lowest BCUT2D eigenvalue weighted by atomic mass is 10.4. The smallest absolute Gasteiger partial charge is 0.352 e. The molecule has 0 aliphatic rings. The fraction of sp³-hybridized carbons (Fsp3) is 0.143. The first-order valence-corrected chi connectivity index (χ1v) is 4.20. The Morgan fingerprint density at radius 3 is 3.08 bits per heavy atom. The average molecular weight is 182 g/mol. The third-order valence-corrected chi connectivity index (χ3v) is 2.51. The van der Waals surface area contributed by atoms with Crippen molar-refractivity contribution >= 4 is 27.7 Å².